The van der Waals surface area contributed by atoms with E-state index in [1.807, 2.05) is 6.92 Å². The van der Waals surface area contributed by atoms with E-state index in [0.717, 1.165) is 19.3 Å². The largest absolute Gasteiger partial charge is 0.543 e. The first-order valence-corrected chi connectivity index (χ1v) is 11.6. The molecule has 31 heavy (non-hydrogen) atoms. The molecule has 0 bridgehead atoms. The molecule has 0 saturated heterocycles. The monoisotopic (exact) mass is 438 g/mol. The molecule has 0 heterocycles. The van der Waals surface area contributed by atoms with E-state index in [1.165, 1.54) is 69.9 Å². The zero-order valence-corrected chi connectivity index (χ0v) is 19.1. The van der Waals surface area contributed by atoms with Crippen LogP contribution in [-0.2, 0) is 19.6 Å². The van der Waals surface area contributed by atoms with Gasteiger partial charge in [0.25, 0.3) is 0 Å². The summed E-state index contributed by atoms with van der Waals surface area (Å²) in [5, 5.41) is 4.21. The fourth-order valence-electron chi connectivity index (χ4n) is 3.13. The van der Waals surface area contributed by atoms with Crippen LogP contribution in [0.4, 0.5) is 4.79 Å². The van der Waals surface area contributed by atoms with Crippen LogP contribution in [0.5, 0.6) is 5.75 Å². The van der Waals surface area contributed by atoms with Crippen LogP contribution in [0.3, 0.4) is 0 Å². The van der Waals surface area contributed by atoms with E-state index in [-0.39, 0.29) is 12.2 Å². The van der Waals surface area contributed by atoms with Gasteiger partial charge in [-0.3, -0.25) is 4.89 Å². The van der Waals surface area contributed by atoms with Gasteiger partial charge in [0, 0.05) is 0 Å². The lowest BCUT2D eigenvalue weighted by molar-refractivity contribution is -0.452. The third kappa shape index (κ3) is 14.4. The average Bonchev–Trinajstić information content (AvgIpc) is 2.77. The van der Waals surface area contributed by atoms with Crippen LogP contribution in [0.2, 0.25) is 0 Å². The molecule has 1 aromatic rings. The van der Waals surface area contributed by atoms with Gasteiger partial charge in [-0.25, -0.2) is 14.5 Å². The number of rotatable bonds is 18. The van der Waals surface area contributed by atoms with Crippen LogP contribution in [0.25, 0.3) is 0 Å². The molecule has 0 saturated carbocycles. The Labute approximate surface area is 186 Å². The lowest BCUT2D eigenvalue weighted by atomic mass is 10.1. The van der Waals surface area contributed by atoms with E-state index in [2.05, 4.69) is 21.7 Å². The number of carbonyl (C=O) groups is 2. The lowest BCUT2D eigenvalue weighted by Crippen LogP contribution is -2.12. The van der Waals surface area contributed by atoms with Crippen molar-refractivity contribution < 1.29 is 33.9 Å². The zero-order valence-electron chi connectivity index (χ0n) is 19.1. The molecule has 0 atom stereocenters. The van der Waals surface area contributed by atoms with E-state index >= 15 is 0 Å². The molecule has 0 aliphatic rings. The number of benzene rings is 1. The quantitative estimate of drug-likeness (QED) is 0.106. The fourth-order valence-corrected chi connectivity index (χ4v) is 3.13. The summed E-state index contributed by atoms with van der Waals surface area (Å²) in [5.41, 5.74) is 0.208. The minimum Gasteiger partial charge on any atom is -0.494 e. The Morgan fingerprint density at radius 2 is 1.39 bits per heavy atom. The maximum absolute atomic E-state index is 11.8. The Morgan fingerprint density at radius 1 is 0.774 bits per heavy atom. The van der Waals surface area contributed by atoms with Crippen molar-refractivity contribution in [1.29, 1.82) is 0 Å². The Kier molecular flexibility index (Phi) is 16.0. The van der Waals surface area contributed by atoms with Gasteiger partial charge in [-0.15, -0.1) is 0 Å². The van der Waals surface area contributed by atoms with Crippen LogP contribution < -0.4 is 4.74 Å². The third-order valence-corrected chi connectivity index (χ3v) is 4.81. The highest BCUT2D eigenvalue weighted by molar-refractivity contribution is 5.89. The second kappa shape index (κ2) is 18.5. The first-order chi connectivity index (χ1) is 15.2. The highest BCUT2D eigenvalue weighted by Crippen LogP contribution is 2.14. The highest BCUT2D eigenvalue weighted by Gasteiger charge is 2.13. The number of hydrogen-bond acceptors (Lipinski definition) is 7. The summed E-state index contributed by atoms with van der Waals surface area (Å²) in [7, 11) is 0. The van der Waals surface area contributed by atoms with Gasteiger partial charge in [-0.2, -0.15) is 0 Å². The number of ether oxygens (including phenoxy) is 2. The minimum absolute atomic E-state index is 0.208. The predicted octanol–water partition coefficient (Wildman–Crippen LogP) is 6.94. The summed E-state index contributed by atoms with van der Waals surface area (Å²) in [5.74, 6) is -0.282. The van der Waals surface area contributed by atoms with E-state index < -0.39 is 12.1 Å². The molecular weight excluding hydrogens is 400 g/mol. The molecule has 0 N–H and O–H groups in total. The van der Waals surface area contributed by atoms with Crippen LogP contribution in [0, 0.1) is 0 Å². The summed E-state index contributed by atoms with van der Waals surface area (Å²) in [6, 6.07) is 6.39. The van der Waals surface area contributed by atoms with E-state index in [9.17, 15) is 9.59 Å². The van der Waals surface area contributed by atoms with E-state index in [1.54, 1.807) is 12.1 Å². The van der Waals surface area contributed by atoms with E-state index in [4.69, 9.17) is 9.47 Å². The lowest BCUT2D eigenvalue weighted by Gasteiger charge is -2.06. The normalized spacial score (nSPS) is 10.5. The van der Waals surface area contributed by atoms with Gasteiger partial charge in [-0.1, -0.05) is 83.6 Å². The summed E-state index contributed by atoms with van der Waals surface area (Å²) < 4.78 is 10.2. The molecule has 1 aromatic carbocycles. The SMILES string of the molecule is CCCCCCCCCCCCCCOC(=O)OOOC(=O)c1cccc(OCC)c1. The standard InChI is InChI=1S/C24H38O7/c1-3-5-6-7-8-9-10-11-12-13-14-15-19-28-24(26)30-31-29-23(25)21-17-16-18-22(20-21)27-4-2/h16-18,20H,3-15,19H2,1-2H3. The third-order valence-electron chi connectivity index (χ3n) is 4.81. The van der Waals surface area contributed by atoms with Crippen LogP contribution in [-0.4, -0.2) is 25.3 Å². The molecule has 0 aliphatic carbocycles. The predicted molar refractivity (Wildman–Crippen MR) is 118 cm³/mol. The molecule has 0 aliphatic heterocycles. The maximum Gasteiger partial charge on any atom is 0.543 e. The average molecular weight is 439 g/mol. The van der Waals surface area contributed by atoms with Crippen molar-refractivity contribution in [2.75, 3.05) is 13.2 Å². The first kappa shape index (κ1) is 26.8. The van der Waals surface area contributed by atoms with Gasteiger partial charge in [0.1, 0.15) is 5.75 Å². The molecule has 7 heteroatoms. The summed E-state index contributed by atoms with van der Waals surface area (Å²) in [4.78, 5) is 32.0. The zero-order chi connectivity index (χ0) is 22.6. The van der Waals surface area contributed by atoms with Gasteiger partial charge in [0.2, 0.25) is 0 Å². The molecule has 0 aromatic heterocycles. The first-order valence-electron chi connectivity index (χ1n) is 11.6. The van der Waals surface area contributed by atoms with Crippen molar-refractivity contribution in [3.63, 3.8) is 0 Å². The maximum atomic E-state index is 11.8. The Morgan fingerprint density at radius 3 is 2.00 bits per heavy atom. The van der Waals surface area contributed by atoms with Crippen molar-refractivity contribution >= 4 is 12.1 Å². The van der Waals surface area contributed by atoms with E-state index in [0.29, 0.717) is 12.4 Å². The van der Waals surface area contributed by atoms with Crippen molar-refractivity contribution in [2.24, 2.45) is 0 Å². The number of carbonyl (C=O) groups excluding carboxylic acids is 2. The van der Waals surface area contributed by atoms with Crippen LogP contribution in [0.15, 0.2) is 24.3 Å². The highest BCUT2D eigenvalue weighted by atomic mass is 17.5. The second-order valence-corrected chi connectivity index (χ2v) is 7.47. The second-order valence-electron chi connectivity index (χ2n) is 7.47. The molecule has 1 rings (SSSR count). The molecule has 0 spiro atoms. The fraction of sp³-hybridized carbons (Fsp3) is 0.667. The molecule has 7 nitrogen and oxygen atoms in total. The van der Waals surface area contributed by atoms with Gasteiger partial charge in [0.15, 0.2) is 0 Å². The van der Waals surface area contributed by atoms with Gasteiger partial charge < -0.3 is 9.47 Å². The van der Waals surface area contributed by atoms with Crippen LogP contribution >= 0.6 is 0 Å². The summed E-state index contributed by atoms with van der Waals surface area (Å²) in [6.07, 6.45) is 13.7. The van der Waals surface area contributed by atoms with Crippen molar-refractivity contribution in [2.45, 2.75) is 90.9 Å². The van der Waals surface area contributed by atoms with Gasteiger partial charge in [0.05, 0.1) is 23.8 Å². The smallest absolute Gasteiger partial charge is 0.494 e. The van der Waals surface area contributed by atoms with Gasteiger partial charge >= 0.3 is 12.1 Å². The molecule has 0 fully saturated rings. The number of unbranched alkanes of at least 4 members (excludes halogenated alkanes) is 11. The topological polar surface area (TPSA) is 80.3 Å². The molecular formula is C24H38O7. The molecule has 0 unspecified atom stereocenters. The summed E-state index contributed by atoms with van der Waals surface area (Å²) in [6.45, 7) is 4.79. The molecule has 0 radical (unpaired) electrons. The summed E-state index contributed by atoms with van der Waals surface area (Å²) >= 11 is 0. The Hall–Kier alpha value is -2.28. The Bertz CT molecular complexity index is 603. The number of hydrogen-bond donors (Lipinski definition) is 0. The Balaban J connectivity index is 1.95. The van der Waals surface area contributed by atoms with Crippen molar-refractivity contribution in [1.82, 2.24) is 0 Å². The van der Waals surface area contributed by atoms with Gasteiger partial charge in [-0.05, 0) is 31.5 Å². The van der Waals surface area contributed by atoms with Crippen molar-refractivity contribution in [3.05, 3.63) is 29.8 Å². The molecule has 0 amide bonds. The van der Waals surface area contributed by atoms with Crippen molar-refractivity contribution in [3.8, 4) is 5.75 Å². The molecule has 176 valence electrons. The minimum atomic E-state index is -1.04. The van der Waals surface area contributed by atoms with Crippen LogP contribution in [0.1, 0.15) is 101 Å².